The lowest BCUT2D eigenvalue weighted by molar-refractivity contribution is -0.142. The number of benzene rings is 2. The molecule has 1 fully saturated rings. The van der Waals surface area contributed by atoms with Crippen LogP contribution in [0.1, 0.15) is 31.4 Å². The van der Waals surface area contributed by atoms with Crippen molar-refractivity contribution in [3.63, 3.8) is 0 Å². The average Bonchev–Trinajstić information content (AvgIpc) is 3.11. The van der Waals surface area contributed by atoms with E-state index in [0.29, 0.717) is 18.4 Å². The summed E-state index contributed by atoms with van der Waals surface area (Å²) in [5.41, 5.74) is 5.56. The Balaban J connectivity index is 1.51. The first-order chi connectivity index (χ1) is 15.5. The van der Waals surface area contributed by atoms with Crippen molar-refractivity contribution in [2.45, 2.75) is 39.2 Å². The Bertz CT molecular complexity index is 1040. The van der Waals surface area contributed by atoms with Crippen molar-refractivity contribution in [2.75, 3.05) is 13.2 Å². The maximum atomic E-state index is 10.6. The first-order valence-corrected chi connectivity index (χ1v) is 11.6. The number of rotatable bonds is 8. The molecule has 1 N–H and O–H groups in total. The van der Waals surface area contributed by atoms with Gasteiger partial charge >= 0.3 is 5.97 Å². The van der Waals surface area contributed by atoms with Gasteiger partial charge in [-0.05, 0) is 62.1 Å². The number of halogens is 1. The number of carboxylic acid groups (broad SMARTS) is 1. The number of aliphatic carboxylic acids is 1. The van der Waals surface area contributed by atoms with E-state index >= 15 is 0 Å². The second-order valence-electron chi connectivity index (χ2n) is 8.66. The number of carbonyl (C=O) groups is 1. The van der Waals surface area contributed by atoms with Crippen LogP contribution in [0.2, 0.25) is 5.02 Å². The molecule has 3 aromatic rings. The zero-order valence-corrected chi connectivity index (χ0v) is 19.1. The third-order valence-corrected chi connectivity index (χ3v) is 6.62. The Morgan fingerprint density at radius 3 is 2.34 bits per heavy atom. The molecule has 0 bridgehead atoms. The fourth-order valence-electron chi connectivity index (χ4n) is 4.62. The van der Waals surface area contributed by atoms with Crippen LogP contribution in [-0.4, -0.2) is 34.1 Å². The molecule has 1 saturated carbocycles. The topological polar surface area (TPSA) is 64.4 Å². The molecule has 6 heteroatoms. The molecule has 0 aliphatic heterocycles. The summed E-state index contributed by atoms with van der Waals surface area (Å²) in [6.45, 7) is 3.38. The quantitative estimate of drug-likeness (QED) is 0.449. The fourth-order valence-corrected chi connectivity index (χ4v) is 4.75. The lowest BCUT2D eigenvalue weighted by atomic mass is 9.82. The number of hydrogen-bond acceptors (Lipinski definition) is 3. The molecule has 2 aromatic carbocycles. The molecule has 0 spiro atoms. The van der Waals surface area contributed by atoms with Gasteiger partial charge in [0, 0.05) is 28.4 Å². The van der Waals surface area contributed by atoms with Gasteiger partial charge in [-0.25, -0.2) is 4.79 Å². The van der Waals surface area contributed by atoms with Gasteiger partial charge in [-0.15, -0.1) is 0 Å². The minimum Gasteiger partial charge on any atom is -0.480 e. The summed E-state index contributed by atoms with van der Waals surface area (Å²) in [7, 11) is 0. The zero-order chi connectivity index (χ0) is 22.5. The van der Waals surface area contributed by atoms with Crippen molar-refractivity contribution >= 4 is 17.6 Å². The first kappa shape index (κ1) is 22.6. The van der Waals surface area contributed by atoms with Gasteiger partial charge in [0.1, 0.15) is 12.3 Å². The highest BCUT2D eigenvalue weighted by molar-refractivity contribution is 6.30. The van der Waals surface area contributed by atoms with Crippen molar-refractivity contribution in [1.29, 1.82) is 0 Å². The smallest absolute Gasteiger partial charge is 0.329 e. The summed E-state index contributed by atoms with van der Waals surface area (Å²) in [6.07, 6.45) is 4.36. The standard InChI is InChI=1S/C26H29ClN2O3/c1-18-25(21-5-3-2-4-6-21)26(22-11-13-23(27)14-12-22)28-29(18)15-19-7-9-20(10-8-19)16-32-17-24(30)31/h2-6,11-14,19-20H,7-10,15-17H2,1H3,(H,30,31). The van der Waals surface area contributed by atoms with Gasteiger partial charge < -0.3 is 9.84 Å². The Morgan fingerprint density at radius 1 is 1.03 bits per heavy atom. The van der Waals surface area contributed by atoms with Gasteiger partial charge in [0.15, 0.2) is 0 Å². The van der Waals surface area contributed by atoms with Crippen LogP contribution in [0.15, 0.2) is 54.6 Å². The van der Waals surface area contributed by atoms with E-state index in [1.165, 1.54) is 16.8 Å². The van der Waals surface area contributed by atoms with E-state index in [4.69, 9.17) is 26.5 Å². The molecule has 0 radical (unpaired) electrons. The van der Waals surface area contributed by atoms with Gasteiger partial charge in [0.25, 0.3) is 0 Å². The lowest BCUT2D eigenvalue weighted by Crippen LogP contribution is -2.23. The number of ether oxygens (including phenoxy) is 1. The van der Waals surface area contributed by atoms with Gasteiger partial charge in [-0.3, -0.25) is 4.68 Å². The minimum absolute atomic E-state index is 0.206. The molecule has 32 heavy (non-hydrogen) atoms. The van der Waals surface area contributed by atoms with Gasteiger partial charge in [0.05, 0.1) is 6.61 Å². The predicted molar refractivity (Wildman–Crippen MR) is 127 cm³/mol. The van der Waals surface area contributed by atoms with Crippen molar-refractivity contribution in [1.82, 2.24) is 9.78 Å². The molecular weight excluding hydrogens is 424 g/mol. The van der Waals surface area contributed by atoms with E-state index in [2.05, 4.69) is 35.9 Å². The summed E-state index contributed by atoms with van der Waals surface area (Å²) < 4.78 is 7.47. The minimum atomic E-state index is -0.904. The van der Waals surface area contributed by atoms with Crippen LogP contribution < -0.4 is 0 Å². The molecule has 4 rings (SSSR count). The fraction of sp³-hybridized carbons (Fsp3) is 0.385. The number of nitrogens with zero attached hydrogens (tertiary/aromatic N) is 2. The molecule has 1 heterocycles. The first-order valence-electron chi connectivity index (χ1n) is 11.2. The van der Waals surface area contributed by atoms with Gasteiger partial charge in [-0.2, -0.15) is 5.10 Å². The second kappa shape index (κ2) is 10.3. The average molecular weight is 453 g/mol. The van der Waals surface area contributed by atoms with E-state index in [1.807, 2.05) is 30.3 Å². The molecule has 1 aliphatic rings. The van der Waals surface area contributed by atoms with Gasteiger partial charge in [0.2, 0.25) is 0 Å². The predicted octanol–water partition coefficient (Wildman–Crippen LogP) is 6.09. The van der Waals surface area contributed by atoms with E-state index in [0.717, 1.165) is 48.5 Å². The van der Waals surface area contributed by atoms with Crippen LogP contribution in [0.25, 0.3) is 22.4 Å². The van der Waals surface area contributed by atoms with E-state index in [-0.39, 0.29) is 6.61 Å². The highest BCUT2D eigenvalue weighted by Gasteiger charge is 2.24. The van der Waals surface area contributed by atoms with E-state index in [9.17, 15) is 4.79 Å². The molecule has 0 amide bonds. The number of carboxylic acids is 1. The van der Waals surface area contributed by atoms with Gasteiger partial charge in [-0.1, -0.05) is 54.1 Å². The molecule has 0 atom stereocenters. The highest BCUT2D eigenvalue weighted by atomic mass is 35.5. The summed E-state index contributed by atoms with van der Waals surface area (Å²) in [6, 6.07) is 18.3. The largest absolute Gasteiger partial charge is 0.480 e. The van der Waals surface area contributed by atoms with Crippen LogP contribution in [0, 0.1) is 18.8 Å². The summed E-state index contributed by atoms with van der Waals surface area (Å²) >= 11 is 6.12. The van der Waals surface area contributed by atoms with Crippen LogP contribution in [0.4, 0.5) is 0 Å². The third-order valence-electron chi connectivity index (χ3n) is 6.36. The summed E-state index contributed by atoms with van der Waals surface area (Å²) in [5.74, 6) is 0.110. The van der Waals surface area contributed by atoms with E-state index in [1.54, 1.807) is 0 Å². The molecule has 0 unspecified atom stereocenters. The lowest BCUT2D eigenvalue weighted by Gasteiger charge is -2.28. The molecule has 5 nitrogen and oxygen atoms in total. The summed E-state index contributed by atoms with van der Waals surface area (Å²) in [5, 5.41) is 14.5. The second-order valence-corrected chi connectivity index (χ2v) is 9.10. The third kappa shape index (κ3) is 5.40. The van der Waals surface area contributed by atoms with Crippen molar-refractivity contribution < 1.29 is 14.6 Å². The molecule has 0 saturated heterocycles. The van der Waals surface area contributed by atoms with Crippen molar-refractivity contribution in [2.24, 2.45) is 11.8 Å². The van der Waals surface area contributed by atoms with Crippen molar-refractivity contribution in [3.05, 3.63) is 65.3 Å². The Morgan fingerprint density at radius 2 is 1.69 bits per heavy atom. The highest BCUT2D eigenvalue weighted by Crippen LogP contribution is 2.36. The van der Waals surface area contributed by atoms with Crippen molar-refractivity contribution in [3.8, 4) is 22.4 Å². The Hall–Kier alpha value is -2.63. The normalized spacial score (nSPS) is 18.6. The van der Waals surface area contributed by atoms with Crippen LogP contribution in [0.5, 0.6) is 0 Å². The monoisotopic (exact) mass is 452 g/mol. The van der Waals surface area contributed by atoms with Crippen LogP contribution in [-0.2, 0) is 16.1 Å². The number of hydrogen-bond donors (Lipinski definition) is 1. The zero-order valence-electron chi connectivity index (χ0n) is 18.3. The molecule has 168 valence electrons. The summed E-state index contributed by atoms with van der Waals surface area (Å²) in [4.78, 5) is 10.6. The molecule has 1 aromatic heterocycles. The maximum absolute atomic E-state index is 10.6. The maximum Gasteiger partial charge on any atom is 0.329 e. The van der Waals surface area contributed by atoms with Crippen LogP contribution >= 0.6 is 11.6 Å². The van der Waals surface area contributed by atoms with E-state index < -0.39 is 5.97 Å². The Kier molecular flexibility index (Phi) is 7.28. The Labute approximate surface area is 194 Å². The molecular formula is C26H29ClN2O3. The SMILES string of the molecule is Cc1c(-c2ccccc2)c(-c2ccc(Cl)cc2)nn1CC1CCC(COCC(=O)O)CC1. The van der Waals surface area contributed by atoms with Crippen LogP contribution in [0.3, 0.4) is 0 Å². The molecule has 1 aliphatic carbocycles. The number of aromatic nitrogens is 2.